The molecule has 1 aliphatic carbocycles. The summed E-state index contributed by atoms with van der Waals surface area (Å²) in [6.07, 6.45) is 15.9. The van der Waals surface area contributed by atoms with E-state index >= 15 is 0 Å². The Labute approximate surface area is 294 Å². The second-order valence-electron chi connectivity index (χ2n) is 13.0. The van der Waals surface area contributed by atoms with Crippen molar-refractivity contribution in [1.29, 1.82) is 0 Å². The molecular formula is C43H56O6. The highest BCUT2D eigenvalue weighted by Crippen LogP contribution is 2.41. The Balaban J connectivity index is 1.12. The van der Waals surface area contributed by atoms with Crippen LogP contribution >= 0.6 is 0 Å². The quantitative estimate of drug-likeness (QED) is 0.0250. The molecule has 1 fully saturated rings. The molecule has 0 heterocycles. The summed E-state index contributed by atoms with van der Waals surface area (Å²) in [5.74, 6) is 2.75. The number of carbonyl (C=O) groups is 1. The van der Waals surface area contributed by atoms with E-state index in [4.69, 9.17) is 24.0 Å². The molecule has 3 aromatic carbocycles. The zero-order valence-corrected chi connectivity index (χ0v) is 29.5. The van der Waals surface area contributed by atoms with Gasteiger partial charge in [0.15, 0.2) is 0 Å². The van der Waals surface area contributed by atoms with Crippen LogP contribution in [0.3, 0.4) is 0 Å². The topological polar surface area (TPSA) is 63.2 Å². The molecule has 6 heteroatoms. The molecule has 6 nitrogen and oxygen atoms in total. The van der Waals surface area contributed by atoms with Gasteiger partial charge in [0.25, 0.3) is 0 Å². The first-order valence-electron chi connectivity index (χ1n) is 18.3. The van der Waals surface area contributed by atoms with Crippen LogP contribution in [-0.4, -0.2) is 39.0 Å². The number of carbonyl (C=O) groups excluding carboxylic acids is 1. The van der Waals surface area contributed by atoms with Crippen LogP contribution in [0, 0.1) is 6.92 Å². The Bertz CT molecular complexity index is 1390. The molecule has 0 N–H and O–H groups in total. The minimum absolute atomic E-state index is 0.349. The summed E-state index contributed by atoms with van der Waals surface area (Å²) in [6, 6.07) is 24.3. The Hall–Kier alpha value is -3.87. The van der Waals surface area contributed by atoms with E-state index in [2.05, 4.69) is 86.8 Å². The van der Waals surface area contributed by atoms with Crippen LogP contribution in [0.1, 0.15) is 106 Å². The Kier molecular flexibility index (Phi) is 17.0. The molecule has 0 radical (unpaired) electrons. The molecule has 4 rings (SSSR count). The SMILES string of the molecule is C=CCOOCCCCCCOc1ccc(-c2ccc(C3CCC(c4ccc(OCCCCCCOC(=O)C=C)cc4)CC3)cc2C)cc1. The minimum Gasteiger partial charge on any atom is -0.494 e. The first kappa shape index (κ1) is 37.9. The maximum atomic E-state index is 11.1. The smallest absolute Gasteiger partial charge is 0.330 e. The van der Waals surface area contributed by atoms with Gasteiger partial charge in [-0.1, -0.05) is 61.5 Å². The minimum atomic E-state index is -0.349. The second-order valence-corrected chi connectivity index (χ2v) is 13.0. The Morgan fingerprint density at radius 2 is 1.18 bits per heavy atom. The fourth-order valence-corrected chi connectivity index (χ4v) is 6.53. The van der Waals surface area contributed by atoms with Crippen molar-refractivity contribution >= 4 is 5.97 Å². The van der Waals surface area contributed by atoms with Crippen LogP contribution in [0.5, 0.6) is 11.5 Å². The van der Waals surface area contributed by atoms with Crippen molar-refractivity contribution in [2.24, 2.45) is 0 Å². The number of rotatable bonds is 23. The highest BCUT2D eigenvalue weighted by atomic mass is 17.2. The standard InChI is InChI=1S/C43H56O6/c1-4-28-48-49-32-13-9-8-11-30-46-41-25-20-38(21-26-41)42-27-22-39(33-34(42)3)37-16-14-35(15-17-37)36-18-23-40(24-19-36)45-29-10-6-7-12-31-47-43(44)5-2/h4-5,18-27,33,35,37H,1-2,6-17,28-32H2,3H3. The van der Waals surface area contributed by atoms with Crippen molar-refractivity contribution in [3.63, 3.8) is 0 Å². The monoisotopic (exact) mass is 668 g/mol. The number of hydrogen-bond acceptors (Lipinski definition) is 6. The molecule has 0 aromatic heterocycles. The van der Waals surface area contributed by atoms with Gasteiger partial charge in [0.1, 0.15) is 18.1 Å². The van der Waals surface area contributed by atoms with E-state index in [0.29, 0.717) is 38.3 Å². The lowest BCUT2D eigenvalue weighted by Crippen LogP contribution is -2.12. The second kappa shape index (κ2) is 22.0. The van der Waals surface area contributed by atoms with Crippen LogP contribution in [0.15, 0.2) is 92.0 Å². The van der Waals surface area contributed by atoms with Crippen LogP contribution < -0.4 is 9.47 Å². The predicted octanol–water partition coefficient (Wildman–Crippen LogP) is 10.8. The molecule has 0 unspecified atom stereocenters. The summed E-state index contributed by atoms with van der Waals surface area (Å²) >= 11 is 0. The van der Waals surface area contributed by atoms with E-state index in [-0.39, 0.29) is 5.97 Å². The first-order valence-corrected chi connectivity index (χ1v) is 18.3. The van der Waals surface area contributed by atoms with E-state index in [1.165, 1.54) is 59.6 Å². The van der Waals surface area contributed by atoms with Gasteiger partial charge in [-0.2, -0.15) is 0 Å². The van der Waals surface area contributed by atoms with Crippen molar-refractivity contribution < 1.29 is 28.8 Å². The van der Waals surface area contributed by atoms with Crippen molar-refractivity contribution in [2.75, 3.05) is 33.0 Å². The number of benzene rings is 3. The maximum absolute atomic E-state index is 11.1. The summed E-state index contributed by atoms with van der Waals surface area (Å²) < 4.78 is 17.0. The summed E-state index contributed by atoms with van der Waals surface area (Å²) in [6.45, 7) is 12.2. The molecule has 0 atom stereocenters. The molecule has 49 heavy (non-hydrogen) atoms. The number of esters is 1. The summed E-state index contributed by atoms with van der Waals surface area (Å²) in [5.41, 5.74) is 6.75. The molecular weight excluding hydrogens is 612 g/mol. The van der Waals surface area contributed by atoms with Crippen LogP contribution in [-0.2, 0) is 19.3 Å². The first-order chi connectivity index (χ1) is 24.1. The van der Waals surface area contributed by atoms with Crippen LogP contribution in [0.2, 0.25) is 0 Å². The molecule has 0 spiro atoms. The normalized spacial score (nSPS) is 15.8. The highest BCUT2D eigenvalue weighted by Gasteiger charge is 2.24. The number of unbranched alkanes of at least 4 members (excludes halogenated alkanes) is 6. The zero-order chi connectivity index (χ0) is 34.5. The summed E-state index contributed by atoms with van der Waals surface area (Å²) in [7, 11) is 0. The maximum Gasteiger partial charge on any atom is 0.330 e. The lowest BCUT2D eigenvalue weighted by molar-refractivity contribution is -0.286. The van der Waals surface area contributed by atoms with E-state index < -0.39 is 0 Å². The predicted molar refractivity (Wildman–Crippen MR) is 198 cm³/mol. The molecule has 1 saturated carbocycles. The molecule has 0 bridgehead atoms. The number of hydrogen-bond donors (Lipinski definition) is 0. The third-order valence-electron chi connectivity index (χ3n) is 9.34. The Morgan fingerprint density at radius 3 is 1.76 bits per heavy atom. The lowest BCUT2D eigenvalue weighted by atomic mass is 9.76. The molecule has 0 aliphatic heterocycles. The van der Waals surface area contributed by atoms with Gasteiger partial charge in [0, 0.05) is 6.08 Å². The van der Waals surface area contributed by atoms with Gasteiger partial charge in [-0.05, 0) is 141 Å². The average Bonchev–Trinajstić information content (AvgIpc) is 3.14. The van der Waals surface area contributed by atoms with E-state index in [1.54, 1.807) is 6.08 Å². The molecule has 3 aromatic rings. The van der Waals surface area contributed by atoms with E-state index in [9.17, 15) is 4.79 Å². The van der Waals surface area contributed by atoms with Gasteiger partial charge in [-0.25, -0.2) is 14.6 Å². The van der Waals surface area contributed by atoms with Gasteiger partial charge in [-0.15, -0.1) is 6.58 Å². The number of ether oxygens (including phenoxy) is 3. The third-order valence-corrected chi connectivity index (χ3v) is 9.34. The largest absolute Gasteiger partial charge is 0.494 e. The lowest BCUT2D eigenvalue weighted by Gasteiger charge is -2.29. The van der Waals surface area contributed by atoms with E-state index in [1.807, 2.05) is 0 Å². The van der Waals surface area contributed by atoms with Crippen molar-refractivity contribution in [1.82, 2.24) is 0 Å². The Morgan fingerprint density at radius 1 is 0.653 bits per heavy atom. The van der Waals surface area contributed by atoms with Gasteiger partial charge in [0.05, 0.1) is 26.4 Å². The van der Waals surface area contributed by atoms with Crippen LogP contribution in [0.4, 0.5) is 0 Å². The number of aryl methyl sites for hydroxylation is 1. The zero-order valence-electron chi connectivity index (χ0n) is 29.5. The van der Waals surface area contributed by atoms with Crippen molar-refractivity contribution in [3.05, 3.63) is 109 Å². The highest BCUT2D eigenvalue weighted by molar-refractivity contribution is 5.81. The van der Waals surface area contributed by atoms with Crippen molar-refractivity contribution in [2.45, 2.75) is 95.8 Å². The fraction of sp³-hybridized carbons (Fsp3) is 0.465. The summed E-state index contributed by atoms with van der Waals surface area (Å²) in [5, 5.41) is 0. The van der Waals surface area contributed by atoms with Gasteiger partial charge in [0.2, 0.25) is 0 Å². The summed E-state index contributed by atoms with van der Waals surface area (Å²) in [4.78, 5) is 21.1. The van der Waals surface area contributed by atoms with Gasteiger partial charge in [-0.3, -0.25) is 0 Å². The molecule has 264 valence electrons. The molecule has 1 aliphatic rings. The fourth-order valence-electron chi connectivity index (χ4n) is 6.53. The van der Waals surface area contributed by atoms with E-state index in [0.717, 1.165) is 69.5 Å². The van der Waals surface area contributed by atoms with Gasteiger partial charge >= 0.3 is 5.97 Å². The average molecular weight is 669 g/mol. The van der Waals surface area contributed by atoms with Crippen LogP contribution in [0.25, 0.3) is 11.1 Å². The third kappa shape index (κ3) is 13.5. The molecule has 0 amide bonds. The van der Waals surface area contributed by atoms with Crippen molar-refractivity contribution in [3.8, 4) is 22.6 Å². The molecule has 0 saturated heterocycles. The van der Waals surface area contributed by atoms with Gasteiger partial charge < -0.3 is 14.2 Å².